The summed E-state index contributed by atoms with van der Waals surface area (Å²) in [6, 6.07) is 0. The van der Waals surface area contributed by atoms with E-state index >= 15 is 0 Å². The van der Waals surface area contributed by atoms with Crippen molar-refractivity contribution in [3.05, 3.63) is 22.5 Å². The van der Waals surface area contributed by atoms with E-state index in [2.05, 4.69) is 5.32 Å². The van der Waals surface area contributed by atoms with Crippen LogP contribution in [-0.2, 0) is 9.59 Å². The van der Waals surface area contributed by atoms with Crippen molar-refractivity contribution < 1.29 is 19.1 Å². The molecule has 1 aliphatic heterocycles. The van der Waals surface area contributed by atoms with Gasteiger partial charge in [-0.1, -0.05) is 0 Å². The zero-order valence-corrected chi connectivity index (χ0v) is 7.97. The van der Waals surface area contributed by atoms with Gasteiger partial charge >= 0.3 is 5.97 Å². The number of ketones is 1. The van der Waals surface area contributed by atoms with Crippen molar-refractivity contribution >= 4 is 11.8 Å². The minimum Gasteiger partial charge on any atom is -0.478 e. The minimum absolute atomic E-state index is 0.0332. The Bertz CT molecular complexity index is 409. The molecule has 15 heavy (non-hydrogen) atoms. The Kier molecular flexibility index (Phi) is 2.30. The Morgan fingerprint density at radius 3 is 2.80 bits per heavy atom. The number of rotatable bonds is 2. The first kappa shape index (κ1) is 9.89. The van der Waals surface area contributed by atoms with E-state index < -0.39 is 12.6 Å². The molecule has 0 saturated heterocycles. The third kappa shape index (κ3) is 1.54. The van der Waals surface area contributed by atoms with Gasteiger partial charge in [0.25, 0.3) is 0 Å². The van der Waals surface area contributed by atoms with E-state index in [0.717, 1.165) is 0 Å². The highest BCUT2D eigenvalue weighted by molar-refractivity contribution is 6.02. The van der Waals surface area contributed by atoms with E-state index in [-0.39, 0.29) is 23.5 Å². The summed E-state index contributed by atoms with van der Waals surface area (Å²) in [5.41, 5.74) is 1.24. The summed E-state index contributed by atoms with van der Waals surface area (Å²) >= 11 is 0. The van der Waals surface area contributed by atoms with Gasteiger partial charge < -0.3 is 10.4 Å². The molecule has 0 atom stereocenters. The topological polar surface area (TPSA) is 66.4 Å². The quantitative estimate of drug-likeness (QED) is 0.712. The number of dihydropyridines is 1. The molecule has 5 heteroatoms. The SMILES string of the molecule is O=C(O)C1=C(CF)NC2=C(C1)C(=O)CC2. The number of alkyl halides is 1. The van der Waals surface area contributed by atoms with Crippen LogP contribution in [0.3, 0.4) is 0 Å². The molecular formula is C10H10FNO3. The summed E-state index contributed by atoms with van der Waals surface area (Å²) in [5, 5.41) is 11.6. The predicted molar refractivity (Wildman–Crippen MR) is 49.7 cm³/mol. The monoisotopic (exact) mass is 211 g/mol. The molecule has 80 valence electrons. The molecule has 0 spiro atoms. The standard InChI is InChI=1S/C10H10FNO3/c11-4-8-6(10(14)15)3-5-7(12-8)1-2-9(5)13/h12H,1-4H2,(H,14,15). The van der Waals surface area contributed by atoms with Crippen molar-refractivity contribution in [1.29, 1.82) is 0 Å². The molecule has 1 aliphatic carbocycles. The fourth-order valence-electron chi connectivity index (χ4n) is 1.91. The molecule has 0 bridgehead atoms. The van der Waals surface area contributed by atoms with Gasteiger partial charge in [-0.25, -0.2) is 9.18 Å². The van der Waals surface area contributed by atoms with Crippen LogP contribution in [0.2, 0.25) is 0 Å². The van der Waals surface area contributed by atoms with E-state index in [1.54, 1.807) is 0 Å². The van der Waals surface area contributed by atoms with E-state index in [4.69, 9.17) is 5.11 Å². The van der Waals surface area contributed by atoms with Crippen LogP contribution in [0.4, 0.5) is 4.39 Å². The number of hydrogen-bond acceptors (Lipinski definition) is 3. The lowest BCUT2D eigenvalue weighted by molar-refractivity contribution is -0.132. The van der Waals surface area contributed by atoms with Gasteiger partial charge in [0.2, 0.25) is 0 Å². The van der Waals surface area contributed by atoms with Crippen molar-refractivity contribution in [2.75, 3.05) is 6.67 Å². The summed E-state index contributed by atoms with van der Waals surface area (Å²) in [7, 11) is 0. The predicted octanol–water partition coefficient (Wildman–Crippen LogP) is 0.905. The number of Topliss-reactive ketones (excluding diaryl/α,β-unsaturated/α-hetero) is 1. The van der Waals surface area contributed by atoms with Crippen LogP contribution in [0.25, 0.3) is 0 Å². The van der Waals surface area contributed by atoms with Crippen LogP contribution < -0.4 is 5.32 Å². The molecule has 0 aromatic rings. The molecule has 2 rings (SSSR count). The average Bonchev–Trinajstić information content (AvgIpc) is 2.58. The lowest BCUT2D eigenvalue weighted by Gasteiger charge is -2.19. The Hall–Kier alpha value is -1.65. The third-order valence-electron chi connectivity index (χ3n) is 2.71. The van der Waals surface area contributed by atoms with Gasteiger partial charge in [-0.2, -0.15) is 0 Å². The van der Waals surface area contributed by atoms with Gasteiger partial charge in [-0.15, -0.1) is 0 Å². The number of carbonyl (C=O) groups excluding carboxylic acids is 1. The summed E-state index contributed by atoms with van der Waals surface area (Å²) in [5.74, 6) is -1.20. The van der Waals surface area contributed by atoms with Gasteiger partial charge in [0.05, 0.1) is 11.3 Å². The van der Waals surface area contributed by atoms with Crippen LogP contribution in [0.15, 0.2) is 22.5 Å². The summed E-state index contributed by atoms with van der Waals surface area (Å²) in [4.78, 5) is 22.2. The second kappa shape index (κ2) is 3.49. The molecule has 0 aromatic heterocycles. The zero-order chi connectivity index (χ0) is 11.0. The molecule has 0 fully saturated rings. The van der Waals surface area contributed by atoms with Gasteiger partial charge in [-0.05, 0) is 6.42 Å². The van der Waals surface area contributed by atoms with Gasteiger partial charge in [-0.3, -0.25) is 4.79 Å². The number of aliphatic carboxylic acids is 1. The number of nitrogens with one attached hydrogen (secondary N) is 1. The fourth-order valence-corrected chi connectivity index (χ4v) is 1.91. The zero-order valence-electron chi connectivity index (χ0n) is 7.97. The fraction of sp³-hybridized carbons (Fsp3) is 0.400. The molecule has 0 saturated carbocycles. The second-order valence-corrected chi connectivity index (χ2v) is 3.58. The molecule has 0 amide bonds. The Labute approximate surface area is 85.5 Å². The van der Waals surface area contributed by atoms with Crippen molar-refractivity contribution in [1.82, 2.24) is 5.32 Å². The molecule has 1 heterocycles. The van der Waals surface area contributed by atoms with E-state index in [0.29, 0.717) is 24.1 Å². The Morgan fingerprint density at radius 1 is 1.47 bits per heavy atom. The normalized spacial score (nSPS) is 20.5. The first-order valence-corrected chi connectivity index (χ1v) is 4.67. The highest BCUT2D eigenvalue weighted by Crippen LogP contribution is 2.31. The average molecular weight is 211 g/mol. The van der Waals surface area contributed by atoms with Crippen LogP contribution in [0.5, 0.6) is 0 Å². The van der Waals surface area contributed by atoms with E-state index in [1.807, 2.05) is 0 Å². The first-order chi connectivity index (χ1) is 7.13. The maximum absolute atomic E-state index is 12.6. The lowest BCUT2D eigenvalue weighted by atomic mass is 9.98. The summed E-state index contributed by atoms with van der Waals surface area (Å²) < 4.78 is 12.6. The molecule has 0 unspecified atom stereocenters. The molecule has 0 radical (unpaired) electrons. The Balaban J connectivity index is 2.32. The largest absolute Gasteiger partial charge is 0.478 e. The highest BCUT2D eigenvalue weighted by Gasteiger charge is 2.31. The molecule has 2 N–H and O–H groups in total. The second-order valence-electron chi connectivity index (χ2n) is 3.58. The van der Waals surface area contributed by atoms with Gasteiger partial charge in [0, 0.05) is 24.1 Å². The summed E-state index contributed by atoms with van der Waals surface area (Å²) in [6.07, 6.45) is 1.00. The number of carboxylic acid groups (broad SMARTS) is 1. The Morgan fingerprint density at radius 2 is 2.20 bits per heavy atom. The number of allylic oxidation sites excluding steroid dienone is 3. The number of halogens is 1. The smallest absolute Gasteiger partial charge is 0.333 e. The third-order valence-corrected chi connectivity index (χ3v) is 2.71. The number of carboxylic acids is 1. The maximum Gasteiger partial charge on any atom is 0.333 e. The number of carbonyl (C=O) groups is 2. The van der Waals surface area contributed by atoms with Gasteiger partial charge in [0.1, 0.15) is 6.67 Å². The highest BCUT2D eigenvalue weighted by atomic mass is 19.1. The molecule has 4 nitrogen and oxygen atoms in total. The lowest BCUT2D eigenvalue weighted by Crippen LogP contribution is -2.25. The van der Waals surface area contributed by atoms with E-state index in [9.17, 15) is 14.0 Å². The van der Waals surface area contributed by atoms with Crippen LogP contribution in [0, 0.1) is 0 Å². The van der Waals surface area contributed by atoms with Crippen molar-refractivity contribution in [3.63, 3.8) is 0 Å². The maximum atomic E-state index is 12.6. The molecule has 2 aliphatic rings. The van der Waals surface area contributed by atoms with Crippen molar-refractivity contribution in [3.8, 4) is 0 Å². The first-order valence-electron chi connectivity index (χ1n) is 4.67. The van der Waals surface area contributed by atoms with E-state index in [1.165, 1.54) is 0 Å². The summed E-state index contributed by atoms with van der Waals surface area (Å²) in [6.45, 7) is -0.841. The van der Waals surface area contributed by atoms with Crippen LogP contribution >= 0.6 is 0 Å². The van der Waals surface area contributed by atoms with Crippen molar-refractivity contribution in [2.24, 2.45) is 0 Å². The molecule has 0 aromatic carbocycles. The number of hydrogen-bond donors (Lipinski definition) is 2. The van der Waals surface area contributed by atoms with Crippen molar-refractivity contribution in [2.45, 2.75) is 19.3 Å². The van der Waals surface area contributed by atoms with Crippen LogP contribution in [-0.4, -0.2) is 23.5 Å². The van der Waals surface area contributed by atoms with Gasteiger partial charge in [0.15, 0.2) is 5.78 Å². The van der Waals surface area contributed by atoms with Crippen LogP contribution in [0.1, 0.15) is 19.3 Å². The molecular weight excluding hydrogens is 201 g/mol. The minimum atomic E-state index is -1.17.